The lowest BCUT2D eigenvalue weighted by Crippen LogP contribution is -2.13. The largest absolute Gasteiger partial charge is 0.493 e. The van der Waals surface area contributed by atoms with Crippen LogP contribution >= 0.6 is 0 Å². The zero-order valence-electron chi connectivity index (χ0n) is 13.0. The summed E-state index contributed by atoms with van der Waals surface area (Å²) in [6.07, 6.45) is 0. The third-order valence-electron chi connectivity index (χ3n) is 3.05. The highest BCUT2D eigenvalue weighted by Crippen LogP contribution is 2.18. The zero-order chi connectivity index (χ0) is 16.1. The lowest BCUT2D eigenvalue weighted by Gasteiger charge is -2.11. The summed E-state index contributed by atoms with van der Waals surface area (Å²) in [7, 11) is 0. The van der Waals surface area contributed by atoms with Crippen molar-refractivity contribution < 1.29 is 13.9 Å². The molecule has 0 fully saturated rings. The monoisotopic (exact) mass is 301 g/mol. The van der Waals surface area contributed by atoms with Crippen LogP contribution < -0.4 is 10.1 Å². The molecule has 116 valence electrons. The van der Waals surface area contributed by atoms with Gasteiger partial charge >= 0.3 is 0 Å². The molecule has 1 N–H and O–H groups in total. The van der Waals surface area contributed by atoms with E-state index in [4.69, 9.17) is 4.74 Å². The van der Waals surface area contributed by atoms with Gasteiger partial charge < -0.3 is 10.1 Å². The number of hydrogen-bond acceptors (Lipinski definition) is 2. The normalized spacial score (nSPS) is 10.6. The number of carbonyl (C=O) groups is 1. The Morgan fingerprint density at radius 3 is 2.68 bits per heavy atom. The number of halogens is 1. The Hall–Kier alpha value is -2.36. The first-order chi connectivity index (χ1) is 10.5. The second-order valence-electron chi connectivity index (χ2n) is 5.67. The minimum Gasteiger partial charge on any atom is -0.493 e. The number of carbonyl (C=O) groups excluding carboxylic acids is 1. The molecular formula is C18H20FNO2. The minimum atomic E-state index is -0.444. The van der Waals surface area contributed by atoms with Crippen LogP contribution in [0.3, 0.4) is 0 Å². The molecule has 2 rings (SSSR count). The molecule has 0 radical (unpaired) electrons. The second-order valence-corrected chi connectivity index (χ2v) is 5.67. The molecule has 0 bridgehead atoms. The first kappa shape index (κ1) is 16.0. The molecule has 0 aliphatic rings. The molecule has 0 aromatic heterocycles. The molecule has 0 saturated carbocycles. The van der Waals surface area contributed by atoms with Crippen molar-refractivity contribution in [1.82, 2.24) is 0 Å². The standard InChI is InChI=1S/C18H20FNO2/c1-12(2)11-22-15-6-4-5-14(10-15)18(21)20-17-8-7-13(3)9-16(17)19/h4-10,12H,11H2,1-3H3,(H,20,21). The molecule has 2 aromatic rings. The zero-order valence-corrected chi connectivity index (χ0v) is 13.0. The molecule has 22 heavy (non-hydrogen) atoms. The lowest BCUT2D eigenvalue weighted by atomic mass is 10.1. The topological polar surface area (TPSA) is 38.3 Å². The smallest absolute Gasteiger partial charge is 0.255 e. The van der Waals surface area contributed by atoms with Crippen LogP contribution in [0.25, 0.3) is 0 Å². The molecule has 0 aliphatic heterocycles. The highest BCUT2D eigenvalue weighted by Gasteiger charge is 2.10. The number of amides is 1. The second kappa shape index (κ2) is 7.07. The molecule has 0 atom stereocenters. The summed E-state index contributed by atoms with van der Waals surface area (Å²) in [4.78, 5) is 12.2. The van der Waals surface area contributed by atoms with E-state index in [1.807, 2.05) is 0 Å². The highest BCUT2D eigenvalue weighted by molar-refractivity contribution is 6.04. The minimum absolute atomic E-state index is 0.170. The molecule has 0 aliphatic carbocycles. The van der Waals surface area contributed by atoms with Crippen molar-refractivity contribution in [2.45, 2.75) is 20.8 Å². The van der Waals surface area contributed by atoms with E-state index in [0.29, 0.717) is 23.8 Å². The average molecular weight is 301 g/mol. The maximum atomic E-state index is 13.8. The Bertz CT molecular complexity index is 668. The predicted molar refractivity (Wildman–Crippen MR) is 85.9 cm³/mol. The highest BCUT2D eigenvalue weighted by atomic mass is 19.1. The molecule has 0 unspecified atom stereocenters. The van der Waals surface area contributed by atoms with E-state index in [-0.39, 0.29) is 11.6 Å². The van der Waals surface area contributed by atoms with E-state index >= 15 is 0 Å². The molecule has 3 nitrogen and oxygen atoms in total. The summed E-state index contributed by atoms with van der Waals surface area (Å²) in [6.45, 7) is 6.48. The molecule has 0 spiro atoms. The van der Waals surface area contributed by atoms with Gasteiger partial charge in [0, 0.05) is 5.56 Å². The predicted octanol–water partition coefficient (Wildman–Crippen LogP) is 4.42. The van der Waals surface area contributed by atoms with Gasteiger partial charge in [-0.1, -0.05) is 26.0 Å². The van der Waals surface area contributed by atoms with E-state index in [1.165, 1.54) is 6.07 Å². The van der Waals surface area contributed by atoms with Gasteiger partial charge in [-0.15, -0.1) is 0 Å². The molecule has 2 aromatic carbocycles. The summed E-state index contributed by atoms with van der Waals surface area (Å²) in [5.41, 5.74) is 1.41. The number of nitrogens with one attached hydrogen (secondary N) is 1. The van der Waals surface area contributed by atoms with Crippen molar-refractivity contribution in [1.29, 1.82) is 0 Å². The Labute approximate surface area is 130 Å². The third-order valence-corrected chi connectivity index (χ3v) is 3.05. The maximum absolute atomic E-state index is 13.8. The molecule has 0 heterocycles. The molecule has 0 saturated heterocycles. The van der Waals surface area contributed by atoms with Crippen molar-refractivity contribution in [3.05, 3.63) is 59.4 Å². The molecule has 1 amide bonds. The Balaban J connectivity index is 2.10. The van der Waals surface area contributed by atoms with E-state index < -0.39 is 5.82 Å². The molecule has 4 heteroatoms. The van der Waals surface area contributed by atoms with Gasteiger partial charge in [0.2, 0.25) is 0 Å². The quantitative estimate of drug-likeness (QED) is 0.887. The summed E-state index contributed by atoms with van der Waals surface area (Å²) in [6, 6.07) is 11.6. The average Bonchev–Trinajstić information content (AvgIpc) is 2.48. The van der Waals surface area contributed by atoms with Gasteiger partial charge in [-0.05, 0) is 48.7 Å². The van der Waals surface area contributed by atoms with Gasteiger partial charge in [-0.2, -0.15) is 0 Å². The summed E-state index contributed by atoms with van der Waals surface area (Å²) >= 11 is 0. The maximum Gasteiger partial charge on any atom is 0.255 e. The lowest BCUT2D eigenvalue weighted by molar-refractivity contribution is 0.102. The van der Waals surface area contributed by atoms with E-state index in [1.54, 1.807) is 43.3 Å². The summed E-state index contributed by atoms with van der Waals surface area (Å²) < 4.78 is 19.4. The van der Waals surface area contributed by atoms with Crippen LogP contribution in [0.4, 0.5) is 10.1 Å². The number of anilines is 1. The Kier molecular flexibility index (Phi) is 5.15. The van der Waals surface area contributed by atoms with Crippen molar-refractivity contribution in [2.75, 3.05) is 11.9 Å². The van der Waals surface area contributed by atoms with Gasteiger partial charge in [-0.25, -0.2) is 4.39 Å². The van der Waals surface area contributed by atoms with Crippen LogP contribution in [-0.2, 0) is 0 Å². The van der Waals surface area contributed by atoms with Gasteiger partial charge in [0.25, 0.3) is 5.91 Å². The van der Waals surface area contributed by atoms with E-state index in [9.17, 15) is 9.18 Å². The number of hydrogen-bond donors (Lipinski definition) is 1. The number of rotatable bonds is 5. The number of benzene rings is 2. The number of aryl methyl sites for hydroxylation is 1. The van der Waals surface area contributed by atoms with Crippen LogP contribution in [0, 0.1) is 18.7 Å². The Morgan fingerprint density at radius 2 is 2.00 bits per heavy atom. The van der Waals surface area contributed by atoms with Crippen molar-refractivity contribution >= 4 is 11.6 Å². The Morgan fingerprint density at radius 1 is 1.23 bits per heavy atom. The number of ether oxygens (including phenoxy) is 1. The van der Waals surface area contributed by atoms with Crippen LogP contribution in [-0.4, -0.2) is 12.5 Å². The first-order valence-corrected chi connectivity index (χ1v) is 7.26. The van der Waals surface area contributed by atoms with E-state index in [2.05, 4.69) is 19.2 Å². The molecular weight excluding hydrogens is 281 g/mol. The van der Waals surface area contributed by atoms with Crippen molar-refractivity contribution in [3.63, 3.8) is 0 Å². The van der Waals surface area contributed by atoms with Crippen LogP contribution in [0.2, 0.25) is 0 Å². The SMILES string of the molecule is Cc1ccc(NC(=O)c2cccc(OCC(C)C)c2)c(F)c1. The fourth-order valence-electron chi connectivity index (χ4n) is 1.91. The summed E-state index contributed by atoms with van der Waals surface area (Å²) in [5.74, 6) is 0.225. The van der Waals surface area contributed by atoms with Gasteiger partial charge in [0.15, 0.2) is 0 Å². The fraction of sp³-hybridized carbons (Fsp3) is 0.278. The first-order valence-electron chi connectivity index (χ1n) is 7.26. The van der Waals surface area contributed by atoms with Gasteiger partial charge in [0.05, 0.1) is 12.3 Å². The van der Waals surface area contributed by atoms with Gasteiger partial charge in [-0.3, -0.25) is 4.79 Å². The van der Waals surface area contributed by atoms with Gasteiger partial charge in [0.1, 0.15) is 11.6 Å². The summed E-state index contributed by atoms with van der Waals surface area (Å²) in [5, 5.41) is 2.58. The third kappa shape index (κ3) is 4.32. The van der Waals surface area contributed by atoms with Crippen LogP contribution in [0.5, 0.6) is 5.75 Å². The van der Waals surface area contributed by atoms with Crippen molar-refractivity contribution in [2.24, 2.45) is 5.92 Å². The fourth-order valence-corrected chi connectivity index (χ4v) is 1.91. The van der Waals surface area contributed by atoms with E-state index in [0.717, 1.165) is 5.56 Å². The van der Waals surface area contributed by atoms with Crippen molar-refractivity contribution in [3.8, 4) is 5.75 Å². The van der Waals surface area contributed by atoms with Crippen LogP contribution in [0.15, 0.2) is 42.5 Å². The van der Waals surface area contributed by atoms with Crippen LogP contribution in [0.1, 0.15) is 29.8 Å².